The van der Waals surface area contributed by atoms with Gasteiger partial charge in [-0.25, -0.2) is 4.39 Å². The third-order valence-electron chi connectivity index (χ3n) is 7.15. The summed E-state index contributed by atoms with van der Waals surface area (Å²) in [6, 6.07) is 5.53. The minimum atomic E-state index is -0.403. The Hall–Kier alpha value is -2.64. The maximum absolute atomic E-state index is 14.7. The summed E-state index contributed by atoms with van der Waals surface area (Å²) in [5, 5.41) is 3.50. The van der Waals surface area contributed by atoms with Crippen molar-refractivity contribution in [2.75, 3.05) is 23.1 Å². The van der Waals surface area contributed by atoms with Crippen molar-refractivity contribution < 1.29 is 9.13 Å². The van der Waals surface area contributed by atoms with Crippen molar-refractivity contribution in [2.45, 2.75) is 89.6 Å². The molecule has 7 nitrogen and oxygen atoms in total. The molecule has 0 bridgehead atoms. The summed E-state index contributed by atoms with van der Waals surface area (Å²) in [5.74, 6) is 1.47. The molecule has 0 radical (unpaired) electrons. The van der Waals surface area contributed by atoms with E-state index in [2.05, 4.69) is 27.1 Å². The van der Waals surface area contributed by atoms with Gasteiger partial charge in [-0.1, -0.05) is 45.4 Å². The van der Waals surface area contributed by atoms with E-state index in [-0.39, 0.29) is 17.7 Å². The van der Waals surface area contributed by atoms with Gasteiger partial charge in [0.2, 0.25) is 17.8 Å². The standard InChI is InChI=1S/C25H37FN6O/c1-3-21(17-10-8-9-11-17)32(19-14-15-22(33-2)20(26)16-19)25-30-23(27)29-24(31-25)28-18-12-6-4-5-7-13-18/h14-18,21H,3-13H2,1-2H3,(H3,27,28,29,30,31). The van der Waals surface area contributed by atoms with Crippen molar-refractivity contribution in [3.8, 4) is 5.75 Å². The Morgan fingerprint density at radius 3 is 2.39 bits per heavy atom. The second kappa shape index (κ2) is 11.0. The number of aromatic nitrogens is 3. The smallest absolute Gasteiger partial charge is 0.236 e. The van der Waals surface area contributed by atoms with E-state index >= 15 is 0 Å². The Kier molecular flexibility index (Phi) is 7.83. The van der Waals surface area contributed by atoms with E-state index in [4.69, 9.17) is 15.5 Å². The number of rotatable bonds is 8. The molecule has 1 heterocycles. The van der Waals surface area contributed by atoms with Crippen LogP contribution in [0, 0.1) is 11.7 Å². The first kappa shape index (κ1) is 23.5. The lowest BCUT2D eigenvalue weighted by Crippen LogP contribution is -2.38. The van der Waals surface area contributed by atoms with Crippen molar-refractivity contribution in [3.63, 3.8) is 0 Å². The van der Waals surface area contributed by atoms with Crippen LogP contribution < -0.4 is 20.7 Å². The van der Waals surface area contributed by atoms with Gasteiger partial charge in [0.05, 0.1) is 7.11 Å². The van der Waals surface area contributed by atoms with Gasteiger partial charge in [-0.2, -0.15) is 15.0 Å². The number of anilines is 4. The summed E-state index contributed by atoms with van der Waals surface area (Å²) in [5.41, 5.74) is 6.87. The number of nitrogens with zero attached hydrogens (tertiary/aromatic N) is 4. The molecule has 2 aromatic rings. The third-order valence-corrected chi connectivity index (χ3v) is 7.15. The second-order valence-corrected chi connectivity index (χ2v) is 9.36. The Bertz CT molecular complexity index is 912. The lowest BCUT2D eigenvalue weighted by molar-refractivity contribution is 0.385. The van der Waals surface area contributed by atoms with E-state index in [1.807, 2.05) is 6.07 Å². The molecule has 1 unspecified atom stereocenters. The Labute approximate surface area is 196 Å². The first-order chi connectivity index (χ1) is 16.1. The van der Waals surface area contributed by atoms with Crippen LogP contribution in [-0.4, -0.2) is 34.1 Å². The molecule has 0 saturated heterocycles. The highest BCUT2D eigenvalue weighted by Crippen LogP contribution is 2.38. The Balaban J connectivity index is 1.71. The summed E-state index contributed by atoms with van der Waals surface area (Å²) < 4.78 is 19.9. The Morgan fingerprint density at radius 2 is 1.76 bits per heavy atom. The minimum absolute atomic E-state index is 0.146. The molecule has 180 valence electrons. The predicted octanol–water partition coefficient (Wildman–Crippen LogP) is 5.84. The van der Waals surface area contributed by atoms with Crippen LogP contribution in [-0.2, 0) is 0 Å². The summed E-state index contributed by atoms with van der Waals surface area (Å²) >= 11 is 0. The third kappa shape index (κ3) is 5.65. The molecule has 2 saturated carbocycles. The van der Waals surface area contributed by atoms with E-state index in [9.17, 15) is 4.39 Å². The zero-order valence-electron chi connectivity index (χ0n) is 19.9. The summed E-state index contributed by atoms with van der Waals surface area (Å²) in [7, 11) is 1.47. The normalized spacial score (nSPS) is 18.6. The Morgan fingerprint density at radius 1 is 1.06 bits per heavy atom. The van der Waals surface area contributed by atoms with E-state index in [0.29, 0.717) is 29.5 Å². The van der Waals surface area contributed by atoms with E-state index < -0.39 is 5.82 Å². The molecular weight excluding hydrogens is 419 g/mol. The summed E-state index contributed by atoms with van der Waals surface area (Å²) in [6.45, 7) is 2.17. The van der Waals surface area contributed by atoms with Gasteiger partial charge in [0.15, 0.2) is 11.6 Å². The van der Waals surface area contributed by atoms with Crippen LogP contribution in [0.2, 0.25) is 0 Å². The van der Waals surface area contributed by atoms with Crippen LogP contribution in [0.1, 0.15) is 77.6 Å². The van der Waals surface area contributed by atoms with Crippen LogP contribution >= 0.6 is 0 Å². The minimum Gasteiger partial charge on any atom is -0.494 e. The molecule has 0 aliphatic heterocycles. The van der Waals surface area contributed by atoms with Gasteiger partial charge >= 0.3 is 0 Å². The highest BCUT2D eigenvalue weighted by Gasteiger charge is 2.32. The molecule has 2 fully saturated rings. The second-order valence-electron chi connectivity index (χ2n) is 9.36. The SMILES string of the molecule is CCC(C1CCCC1)N(c1ccc(OC)c(F)c1)c1nc(N)nc(NC2CCCCCC2)n1. The highest BCUT2D eigenvalue weighted by molar-refractivity contribution is 5.61. The fourth-order valence-corrected chi connectivity index (χ4v) is 5.49. The number of halogens is 1. The first-order valence-electron chi connectivity index (χ1n) is 12.5. The van der Waals surface area contributed by atoms with Crippen molar-refractivity contribution >= 4 is 23.5 Å². The van der Waals surface area contributed by atoms with E-state index in [1.165, 1.54) is 51.7 Å². The number of benzene rings is 1. The van der Waals surface area contributed by atoms with Crippen molar-refractivity contribution in [1.82, 2.24) is 15.0 Å². The molecule has 0 spiro atoms. The van der Waals surface area contributed by atoms with Crippen molar-refractivity contribution in [1.29, 1.82) is 0 Å². The number of ether oxygens (including phenoxy) is 1. The molecule has 1 aromatic heterocycles. The van der Waals surface area contributed by atoms with Crippen molar-refractivity contribution in [2.24, 2.45) is 5.92 Å². The lowest BCUT2D eigenvalue weighted by Gasteiger charge is -2.35. The van der Waals surface area contributed by atoms with Crippen LogP contribution in [0.5, 0.6) is 5.75 Å². The van der Waals surface area contributed by atoms with E-state index in [1.54, 1.807) is 6.07 Å². The van der Waals surface area contributed by atoms with E-state index in [0.717, 1.165) is 32.1 Å². The van der Waals surface area contributed by atoms with Gasteiger partial charge in [-0.3, -0.25) is 0 Å². The van der Waals surface area contributed by atoms with Crippen LogP contribution in [0.25, 0.3) is 0 Å². The van der Waals surface area contributed by atoms with Gasteiger partial charge in [-0.15, -0.1) is 0 Å². The first-order valence-corrected chi connectivity index (χ1v) is 12.5. The topological polar surface area (TPSA) is 89.2 Å². The number of nitrogens with two attached hydrogens (primary N) is 1. The lowest BCUT2D eigenvalue weighted by atomic mass is 9.94. The molecule has 1 aromatic carbocycles. The van der Waals surface area contributed by atoms with Gasteiger partial charge < -0.3 is 20.7 Å². The molecule has 2 aliphatic carbocycles. The molecule has 33 heavy (non-hydrogen) atoms. The molecule has 8 heteroatoms. The maximum Gasteiger partial charge on any atom is 0.236 e. The zero-order chi connectivity index (χ0) is 23.2. The average Bonchev–Trinajstić information content (AvgIpc) is 3.21. The number of nitrogen functional groups attached to an aromatic ring is 1. The predicted molar refractivity (Wildman–Crippen MR) is 130 cm³/mol. The number of nitrogens with one attached hydrogen (secondary N) is 1. The average molecular weight is 457 g/mol. The van der Waals surface area contributed by atoms with Gasteiger partial charge in [0.1, 0.15) is 0 Å². The molecule has 1 atom stereocenters. The summed E-state index contributed by atoms with van der Waals surface area (Å²) in [6.07, 6.45) is 12.8. The maximum atomic E-state index is 14.7. The van der Waals surface area contributed by atoms with Gasteiger partial charge in [0, 0.05) is 23.8 Å². The highest BCUT2D eigenvalue weighted by atomic mass is 19.1. The number of hydrogen-bond donors (Lipinski definition) is 2. The quantitative estimate of drug-likeness (QED) is 0.482. The number of methoxy groups -OCH3 is 1. The van der Waals surface area contributed by atoms with Crippen LogP contribution in [0.15, 0.2) is 18.2 Å². The van der Waals surface area contributed by atoms with Gasteiger partial charge in [0.25, 0.3) is 0 Å². The molecular formula is C25H37FN6O. The van der Waals surface area contributed by atoms with Crippen LogP contribution in [0.4, 0.5) is 27.9 Å². The van der Waals surface area contributed by atoms with Gasteiger partial charge in [-0.05, 0) is 50.2 Å². The molecule has 0 amide bonds. The fourth-order valence-electron chi connectivity index (χ4n) is 5.49. The molecule has 3 N–H and O–H groups in total. The monoisotopic (exact) mass is 456 g/mol. The molecule has 4 rings (SSSR count). The molecule has 2 aliphatic rings. The number of hydrogen-bond acceptors (Lipinski definition) is 7. The summed E-state index contributed by atoms with van der Waals surface area (Å²) in [4.78, 5) is 15.8. The zero-order valence-corrected chi connectivity index (χ0v) is 19.9. The fraction of sp³-hybridized carbons (Fsp3) is 0.640. The largest absolute Gasteiger partial charge is 0.494 e. The van der Waals surface area contributed by atoms with Crippen molar-refractivity contribution in [3.05, 3.63) is 24.0 Å². The van der Waals surface area contributed by atoms with Crippen LogP contribution in [0.3, 0.4) is 0 Å².